The van der Waals surface area contributed by atoms with Gasteiger partial charge in [0.2, 0.25) is 0 Å². The first kappa shape index (κ1) is 14.5. The molecule has 2 rings (SSSR count). The first-order valence-electron chi connectivity index (χ1n) is 5.82. The van der Waals surface area contributed by atoms with Crippen molar-refractivity contribution < 1.29 is 18.3 Å². The molecule has 0 amide bonds. The normalized spacial score (nSPS) is 11.1. The Morgan fingerprint density at radius 1 is 1.55 bits per heavy atom. The van der Waals surface area contributed by atoms with E-state index in [0.29, 0.717) is 5.69 Å². The van der Waals surface area contributed by atoms with Gasteiger partial charge < -0.3 is 4.74 Å². The number of aromatic nitrogens is 4. The fraction of sp³-hybridized carbons (Fsp3) is 0.455. The molecule has 0 spiro atoms. The quantitative estimate of drug-likeness (QED) is 0.792. The number of alkyl halides is 2. The molecule has 6 nitrogen and oxygen atoms in total. The highest BCUT2D eigenvalue weighted by molar-refractivity contribution is 7.09. The number of carbonyl (C=O) groups is 1. The van der Waals surface area contributed by atoms with Gasteiger partial charge in [0.1, 0.15) is 5.69 Å². The number of nitrogens with zero attached hydrogens (tertiary/aromatic N) is 4. The second-order valence-corrected chi connectivity index (χ2v) is 4.92. The number of esters is 1. The summed E-state index contributed by atoms with van der Waals surface area (Å²) in [6, 6.07) is 0. The molecule has 0 aliphatic carbocycles. The van der Waals surface area contributed by atoms with Crippen LogP contribution in [-0.2, 0) is 11.3 Å². The Kier molecular flexibility index (Phi) is 4.38. The first-order chi connectivity index (χ1) is 9.52. The fourth-order valence-electron chi connectivity index (χ4n) is 1.63. The molecular weight excluding hydrogens is 290 g/mol. The molecule has 108 valence electrons. The number of ether oxygens (including phenoxy) is 1. The number of rotatable bonds is 5. The Morgan fingerprint density at radius 3 is 2.85 bits per heavy atom. The van der Waals surface area contributed by atoms with E-state index in [1.54, 1.807) is 12.3 Å². The third kappa shape index (κ3) is 2.98. The largest absolute Gasteiger partial charge is 0.461 e. The standard InChI is InChI=1S/C11H12F2N4O2S/c1-3-19-11(18)8-9(10(12)13)17(16-15-8)4-7-5-20-6(2)14-7/h5,10H,3-4H2,1-2H3. The van der Waals surface area contributed by atoms with Crippen molar-refractivity contribution in [3.8, 4) is 0 Å². The van der Waals surface area contributed by atoms with Crippen molar-refractivity contribution in [1.82, 2.24) is 20.0 Å². The third-order valence-corrected chi connectivity index (χ3v) is 3.25. The van der Waals surface area contributed by atoms with Gasteiger partial charge in [0.15, 0.2) is 5.69 Å². The molecule has 0 radical (unpaired) electrons. The van der Waals surface area contributed by atoms with Gasteiger partial charge in [0, 0.05) is 5.38 Å². The van der Waals surface area contributed by atoms with Gasteiger partial charge in [-0.15, -0.1) is 16.4 Å². The number of halogens is 2. The lowest BCUT2D eigenvalue weighted by Gasteiger charge is -2.05. The molecule has 0 fully saturated rings. The van der Waals surface area contributed by atoms with Crippen molar-refractivity contribution in [2.24, 2.45) is 0 Å². The van der Waals surface area contributed by atoms with E-state index in [-0.39, 0.29) is 13.2 Å². The number of aryl methyl sites for hydroxylation is 1. The summed E-state index contributed by atoms with van der Waals surface area (Å²) in [6.45, 7) is 3.52. The van der Waals surface area contributed by atoms with Crippen molar-refractivity contribution in [3.05, 3.63) is 27.5 Å². The van der Waals surface area contributed by atoms with E-state index in [4.69, 9.17) is 0 Å². The van der Waals surface area contributed by atoms with Gasteiger partial charge in [0.25, 0.3) is 6.43 Å². The van der Waals surface area contributed by atoms with E-state index in [2.05, 4.69) is 20.0 Å². The van der Waals surface area contributed by atoms with Crippen molar-refractivity contribution in [2.45, 2.75) is 26.8 Å². The van der Waals surface area contributed by atoms with E-state index >= 15 is 0 Å². The van der Waals surface area contributed by atoms with Crippen molar-refractivity contribution in [1.29, 1.82) is 0 Å². The van der Waals surface area contributed by atoms with Crippen LogP contribution in [0.5, 0.6) is 0 Å². The molecule has 0 saturated heterocycles. The molecule has 2 heterocycles. The monoisotopic (exact) mass is 302 g/mol. The van der Waals surface area contributed by atoms with Crippen molar-refractivity contribution >= 4 is 17.3 Å². The molecule has 0 saturated carbocycles. The Morgan fingerprint density at radius 2 is 2.30 bits per heavy atom. The second kappa shape index (κ2) is 6.04. The molecule has 20 heavy (non-hydrogen) atoms. The molecular formula is C11H12F2N4O2S. The maximum atomic E-state index is 13.1. The van der Waals surface area contributed by atoms with Crippen LogP contribution in [-0.4, -0.2) is 32.6 Å². The summed E-state index contributed by atoms with van der Waals surface area (Å²) in [5, 5.41) is 9.66. The zero-order valence-corrected chi connectivity index (χ0v) is 11.7. The Hall–Kier alpha value is -1.90. The molecule has 0 aliphatic heterocycles. The van der Waals surface area contributed by atoms with Gasteiger partial charge in [-0.1, -0.05) is 5.21 Å². The zero-order chi connectivity index (χ0) is 14.7. The fourth-order valence-corrected chi connectivity index (χ4v) is 2.24. The van der Waals surface area contributed by atoms with Crippen molar-refractivity contribution in [3.63, 3.8) is 0 Å². The third-order valence-electron chi connectivity index (χ3n) is 2.43. The van der Waals surface area contributed by atoms with Gasteiger partial charge in [-0.3, -0.25) is 0 Å². The minimum Gasteiger partial charge on any atom is -0.461 e. The van der Waals surface area contributed by atoms with Crippen LogP contribution in [0.25, 0.3) is 0 Å². The van der Waals surface area contributed by atoms with Gasteiger partial charge in [-0.25, -0.2) is 23.2 Å². The summed E-state index contributed by atoms with van der Waals surface area (Å²) in [5.74, 6) is -0.900. The minimum atomic E-state index is -2.87. The molecule has 0 aliphatic rings. The van der Waals surface area contributed by atoms with E-state index < -0.39 is 23.8 Å². The summed E-state index contributed by atoms with van der Waals surface area (Å²) in [7, 11) is 0. The summed E-state index contributed by atoms with van der Waals surface area (Å²) < 4.78 is 31.9. The maximum absolute atomic E-state index is 13.1. The molecule has 2 aromatic heterocycles. The highest BCUT2D eigenvalue weighted by Gasteiger charge is 2.27. The van der Waals surface area contributed by atoms with Crippen LogP contribution in [0, 0.1) is 6.92 Å². The second-order valence-electron chi connectivity index (χ2n) is 3.86. The predicted molar refractivity (Wildman–Crippen MR) is 66.9 cm³/mol. The number of hydrogen-bond acceptors (Lipinski definition) is 6. The van der Waals surface area contributed by atoms with Crippen LogP contribution in [0.1, 0.15) is 40.2 Å². The lowest BCUT2D eigenvalue weighted by Crippen LogP contribution is -2.12. The highest BCUT2D eigenvalue weighted by atomic mass is 32.1. The Balaban J connectivity index is 2.31. The number of carbonyl (C=O) groups excluding carboxylic acids is 1. The van der Waals surface area contributed by atoms with E-state index in [9.17, 15) is 13.6 Å². The van der Waals surface area contributed by atoms with Crippen molar-refractivity contribution in [2.75, 3.05) is 6.61 Å². The zero-order valence-electron chi connectivity index (χ0n) is 10.8. The van der Waals surface area contributed by atoms with Gasteiger partial charge in [-0.2, -0.15) is 0 Å². The van der Waals surface area contributed by atoms with Gasteiger partial charge in [0.05, 0.1) is 23.9 Å². The Bertz CT molecular complexity index is 611. The lowest BCUT2D eigenvalue weighted by atomic mass is 10.3. The SMILES string of the molecule is CCOC(=O)c1nnn(Cc2csc(C)n2)c1C(F)F. The first-order valence-corrected chi connectivity index (χ1v) is 6.70. The summed E-state index contributed by atoms with van der Waals surface area (Å²) in [5.41, 5.74) is -0.405. The highest BCUT2D eigenvalue weighted by Crippen LogP contribution is 2.23. The van der Waals surface area contributed by atoms with Crippen LogP contribution in [0.4, 0.5) is 8.78 Å². The van der Waals surface area contributed by atoms with Crippen LogP contribution < -0.4 is 0 Å². The molecule has 0 unspecified atom stereocenters. The molecule has 0 bridgehead atoms. The van der Waals surface area contributed by atoms with Crippen LogP contribution >= 0.6 is 11.3 Å². The van der Waals surface area contributed by atoms with Gasteiger partial charge in [-0.05, 0) is 13.8 Å². The molecule has 0 N–H and O–H groups in total. The van der Waals surface area contributed by atoms with Crippen LogP contribution in [0.2, 0.25) is 0 Å². The van der Waals surface area contributed by atoms with E-state index in [0.717, 1.165) is 9.69 Å². The van der Waals surface area contributed by atoms with E-state index in [1.165, 1.54) is 11.3 Å². The lowest BCUT2D eigenvalue weighted by molar-refractivity contribution is 0.0506. The maximum Gasteiger partial charge on any atom is 0.361 e. The summed E-state index contributed by atoms with van der Waals surface area (Å²) >= 11 is 1.41. The topological polar surface area (TPSA) is 69.9 Å². The number of hydrogen-bond donors (Lipinski definition) is 0. The number of thiazole rings is 1. The average Bonchev–Trinajstić information content (AvgIpc) is 2.96. The molecule has 0 atom stereocenters. The van der Waals surface area contributed by atoms with Gasteiger partial charge >= 0.3 is 5.97 Å². The van der Waals surface area contributed by atoms with Crippen LogP contribution in [0.3, 0.4) is 0 Å². The van der Waals surface area contributed by atoms with E-state index in [1.807, 2.05) is 6.92 Å². The van der Waals surface area contributed by atoms with Crippen LogP contribution in [0.15, 0.2) is 5.38 Å². The predicted octanol–water partition coefficient (Wildman–Crippen LogP) is 2.21. The molecule has 2 aromatic rings. The molecule has 0 aromatic carbocycles. The Labute approximate surface area is 117 Å². The molecule has 9 heteroatoms. The average molecular weight is 302 g/mol. The summed E-state index contributed by atoms with van der Waals surface area (Å²) in [4.78, 5) is 15.7. The summed E-state index contributed by atoms with van der Waals surface area (Å²) in [6.07, 6.45) is -2.87. The minimum absolute atomic E-state index is 0.0381. The smallest absolute Gasteiger partial charge is 0.361 e.